The Morgan fingerprint density at radius 2 is 2.00 bits per heavy atom. The molecule has 2 aromatic carbocycles. The van der Waals surface area contributed by atoms with Crippen LogP contribution in [0.1, 0.15) is 23.9 Å². The second-order valence-electron chi connectivity index (χ2n) is 7.71. The summed E-state index contributed by atoms with van der Waals surface area (Å²) in [4.78, 5) is 19.6. The van der Waals surface area contributed by atoms with E-state index in [4.69, 9.17) is 13.9 Å². The fourth-order valence-electron chi connectivity index (χ4n) is 4.02. The lowest BCUT2D eigenvalue weighted by Crippen LogP contribution is -2.40. The van der Waals surface area contributed by atoms with Crippen LogP contribution in [-0.2, 0) is 17.6 Å². The summed E-state index contributed by atoms with van der Waals surface area (Å²) >= 11 is 0. The highest BCUT2D eigenvalue weighted by molar-refractivity contribution is 5.96. The Kier molecular flexibility index (Phi) is 4.27. The molecule has 0 saturated heterocycles. The molecule has 2 aliphatic heterocycles. The Morgan fingerprint density at radius 3 is 2.90 bits per heavy atom. The van der Waals surface area contributed by atoms with Crippen LogP contribution in [0.25, 0.3) is 11.5 Å². The zero-order valence-electron chi connectivity index (χ0n) is 16.5. The smallest absolute Gasteiger partial charge is 0.233 e. The van der Waals surface area contributed by atoms with Crippen LogP contribution < -0.4 is 14.4 Å². The molecule has 0 fully saturated rings. The predicted molar refractivity (Wildman–Crippen MR) is 108 cm³/mol. The second-order valence-corrected chi connectivity index (χ2v) is 7.71. The second kappa shape index (κ2) is 6.95. The quantitative estimate of drug-likeness (QED) is 0.672. The average Bonchev–Trinajstić information content (AvgIpc) is 3.33. The molecule has 0 radical (unpaired) electrons. The number of anilines is 1. The number of carbonyl (C=O) groups is 1. The van der Waals surface area contributed by atoms with E-state index in [0.717, 1.165) is 24.2 Å². The summed E-state index contributed by atoms with van der Waals surface area (Å²) in [5.41, 5.74) is 3.69. The van der Waals surface area contributed by atoms with Gasteiger partial charge < -0.3 is 18.8 Å². The van der Waals surface area contributed by atoms with Gasteiger partial charge in [-0.25, -0.2) is 4.98 Å². The third-order valence-electron chi connectivity index (χ3n) is 5.48. The zero-order chi connectivity index (χ0) is 20.0. The number of rotatable bonds is 3. The number of hydrogen-bond donors (Lipinski definition) is 0. The highest BCUT2D eigenvalue weighted by atomic mass is 16.7. The molecule has 0 aliphatic carbocycles. The molecule has 148 valence electrons. The van der Waals surface area contributed by atoms with Gasteiger partial charge in [0.2, 0.25) is 18.6 Å². The van der Waals surface area contributed by atoms with Crippen molar-refractivity contribution in [1.82, 2.24) is 4.98 Å². The number of oxazole rings is 1. The number of benzene rings is 2. The summed E-state index contributed by atoms with van der Waals surface area (Å²) in [6, 6.07) is 13.7. The van der Waals surface area contributed by atoms with Gasteiger partial charge in [-0.2, -0.15) is 0 Å². The van der Waals surface area contributed by atoms with Crippen LogP contribution in [0.4, 0.5) is 5.69 Å². The molecular weight excluding hydrogens is 368 g/mol. The van der Waals surface area contributed by atoms with Crippen LogP contribution in [0.5, 0.6) is 11.5 Å². The molecule has 5 rings (SSSR count). The van der Waals surface area contributed by atoms with Gasteiger partial charge >= 0.3 is 0 Å². The van der Waals surface area contributed by atoms with Crippen molar-refractivity contribution < 1.29 is 18.7 Å². The van der Waals surface area contributed by atoms with Crippen molar-refractivity contribution in [2.45, 2.75) is 26.7 Å². The Hall–Kier alpha value is -3.28. The summed E-state index contributed by atoms with van der Waals surface area (Å²) in [6.07, 6.45) is 1.21. The van der Waals surface area contributed by atoms with Crippen molar-refractivity contribution in [3.05, 3.63) is 59.5 Å². The number of aromatic nitrogens is 1. The van der Waals surface area contributed by atoms with E-state index >= 15 is 0 Å². The Morgan fingerprint density at radius 1 is 1.17 bits per heavy atom. The van der Waals surface area contributed by atoms with Crippen molar-refractivity contribution in [3.63, 3.8) is 0 Å². The highest BCUT2D eigenvalue weighted by Crippen LogP contribution is 2.36. The van der Waals surface area contributed by atoms with E-state index < -0.39 is 0 Å². The first kappa shape index (κ1) is 17.8. The number of fused-ring (bicyclic) bond motifs is 2. The maximum Gasteiger partial charge on any atom is 0.233 e. The number of carbonyl (C=O) groups excluding carboxylic acids is 1. The summed E-state index contributed by atoms with van der Waals surface area (Å²) in [5, 5.41) is 0. The van der Waals surface area contributed by atoms with Gasteiger partial charge in [-0.1, -0.05) is 25.1 Å². The van der Waals surface area contributed by atoms with E-state index in [0.29, 0.717) is 34.8 Å². The maximum atomic E-state index is 13.1. The van der Waals surface area contributed by atoms with Gasteiger partial charge in [0.05, 0.1) is 12.1 Å². The number of aryl methyl sites for hydroxylation is 1. The van der Waals surface area contributed by atoms with Gasteiger partial charge in [-0.15, -0.1) is 0 Å². The van der Waals surface area contributed by atoms with Crippen molar-refractivity contribution in [3.8, 4) is 23.0 Å². The minimum Gasteiger partial charge on any atom is -0.454 e. The van der Waals surface area contributed by atoms with Gasteiger partial charge in [-0.3, -0.25) is 4.79 Å². The summed E-state index contributed by atoms with van der Waals surface area (Å²) in [5.74, 6) is 3.00. The van der Waals surface area contributed by atoms with E-state index in [-0.39, 0.29) is 19.1 Å². The lowest BCUT2D eigenvalue weighted by Gasteiger charge is -2.33. The van der Waals surface area contributed by atoms with Crippen LogP contribution in [0.3, 0.4) is 0 Å². The highest BCUT2D eigenvalue weighted by Gasteiger charge is 2.27. The molecule has 6 heteroatoms. The van der Waals surface area contributed by atoms with Gasteiger partial charge in [-0.05, 0) is 49.1 Å². The van der Waals surface area contributed by atoms with E-state index in [9.17, 15) is 4.79 Å². The minimum absolute atomic E-state index is 0.0395. The third kappa shape index (κ3) is 3.24. The molecule has 1 amide bonds. The number of nitrogens with zero attached hydrogens (tertiary/aromatic N) is 2. The summed E-state index contributed by atoms with van der Waals surface area (Å²) in [7, 11) is 0. The van der Waals surface area contributed by atoms with Crippen molar-refractivity contribution in [2.75, 3.05) is 18.2 Å². The molecule has 2 aliphatic rings. The first-order chi connectivity index (χ1) is 14.1. The fourth-order valence-corrected chi connectivity index (χ4v) is 4.02. The number of para-hydroxylation sites is 1. The molecule has 1 unspecified atom stereocenters. The standard InChI is InChI=1S/C23H22N2O4/c1-14-9-16-5-3-4-6-19(16)25(12-14)22(26)11-18-15(2)29-23(24-18)17-7-8-20-21(10-17)28-13-27-20/h3-8,10,14H,9,11-13H2,1-2H3. The minimum atomic E-state index is 0.0395. The molecule has 0 saturated carbocycles. The molecule has 1 atom stereocenters. The van der Waals surface area contributed by atoms with Crippen LogP contribution in [-0.4, -0.2) is 24.2 Å². The van der Waals surface area contributed by atoms with Gasteiger partial charge in [0.25, 0.3) is 0 Å². The Bertz CT molecular complexity index is 1090. The van der Waals surface area contributed by atoms with Gasteiger partial charge in [0.1, 0.15) is 5.76 Å². The first-order valence-corrected chi connectivity index (χ1v) is 9.83. The Balaban J connectivity index is 1.40. The van der Waals surface area contributed by atoms with E-state index in [1.54, 1.807) is 0 Å². The van der Waals surface area contributed by atoms with Crippen molar-refractivity contribution >= 4 is 11.6 Å². The van der Waals surface area contributed by atoms with Crippen LogP contribution >= 0.6 is 0 Å². The molecule has 29 heavy (non-hydrogen) atoms. The van der Waals surface area contributed by atoms with Crippen LogP contribution in [0, 0.1) is 12.8 Å². The Labute approximate surface area is 169 Å². The van der Waals surface area contributed by atoms with E-state index in [1.807, 2.05) is 48.2 Å². The summed E-state index contributed by atoms with van der Waals surface area (Å²) in [6.45, 7) is 4.97. The number of ether oxygens (including phenoxy) is 2. The molecule has 1 aromatic heterocycles. The molecule has 6 nitrogen and oxygen atoms in total. The van der Waals surface area contributed by atoms with Crippen LogP contribution in [0.15, 0.2) is 46.9 Å². The third-order valence-corrected chi connectivity index (χ3v) is 5.48. The fraction of sp³-hybridized carbons (Fsp3) is 0.304. The molecule has 3 aromatic rings. The monoisotopic (exact) mass is 390 g/mol. The zero-order valence-corrected chi connectivity index (χ0v) is 16.5. The summed E-state index contributed by atoms with van der Waals surface area (Å²) < 4.78 is 16.6. The largest absolute Gasteiger partial charge is 0.454 e. The number of hydrogen-bond acceptors (Lipinski definition) is 5. The SMILES string of the molecule is Cc1oc(-c2ccc3c(c2)OCO3)nc1CC(=O)N1CC(C)Cc2ccccc21. The lowest BCUT2D eigenvalue weighted by molar-refractivity contribution is -0.118. The lowest BCUT2D eigenvalue weighted by atomic mass is 9.93. The maximum absolute atomic E-state index is 13.1. The van der Waals surface area contributed by atoms with Gasteiger partial charge in [0.15, 0.2) is 11.5 Å². The molecular formula is C23H22N2O4. The van der Waals surface area contributed by atoms with E-state index in [1.165, 1.54) is 5.56 Å². The van der Waals surface area contributed by atoms with Crippen molar-refractivity contribution in [1.29, 1.82) is 0 Å². The topological polar surface area (TPSA) is 64.8 Å². The van der Waals surface area contributed by atoms with Crippen molar-refractivity contribution in [2.24, 2.45) is 5.92 Å². The molecule has 0 N–H and O–H groups in total. The average molecular weight is 390 g/mol. The van der Waals surface area contributed by atoms with Crippen LogP contribution in [0.2, 0.25) is 0 Å². The molecule has 3 heterocycles. The molecule has 0 bridgehead atoms. The predicted octanol–water partition coefficient (Wildman–Crippen LogP) is 4.15. The van der Waals surface area contributed by atoms with Gasteiger partial charge in [0, 0.05) is 17.8 Å². The normalized spacial score (nSPS) is 17.3. The molecule has 0 spiro atoms. The van der Waals surface area contributed by atoms with E-state index in [2.05, 4.69) is 18.0 Å². The first-order valence-electron chi connectivity index (χ1n) is 9.83. The number of amides is 1.